The van der Waals surface area contributed by atoms with Gasteiger partial charge in [-0.25, -0.2) is 0 Å². The molecule has 0 spiro atoms. The molecule has 0 saturated heterocycles. The summed E-state index contributed by atoms with van der Waals surface area (Å²) in [6.45, 7) is 5.62. The number of aromatic nitrogens is 1. The Hall–Kier alpha value is -2.21. The molecule has 0 aliphatic carbocycles. The summed E-state index contributed by atoms with van der Waals surface area (Å²) < 4.78 is 0.695. The molecule has 0 aliphatic rings. The second-order valence-corrected chi connectivity index (χ2v) is 6.79. The number of phenolic OH excluding ortho intramolecular Hbond substituents is 1. The van der Waals surface area contributed by atoms with Gasteiger partial charge in [-0.2, -0.15) is 0 Å². The average Bonchev–Trinajstić information content (AvgIpc) is 2.48. The zero-order chi connectivity index (χ0) is 17.0. The number of hydrogen-bond acceptors (Lipinski definition) is 5. The van der Waals surface area contributed by atoms with Crippen LogP contribution in [-0.2, 0) is 4.84 Å². The van der Waals surface area contributed by atoms with E-state index < -0.39 is 5.60 Å². The van der Waals surface area contributed by atoms with Gasteiger partial charge in [-0.3, -0.25) is 9.78 Å². The van der Waals surface area contributed by atoms with Gasteiger partial charge in [0.2, 0.25) is 5.78 Å². The Kier molecular flexibility index (Phi) is 5.15. The molecule has 0 atom stereocenters. The van der Waals surface area contributed by atoms with Crippen LogP contribution >= 0.6 is 15.9 Å². The predicted octanol–water partition coefficient (Wildman–Crippen LogP) is 3.93. The van der Waals surface area contributed by atoms with Gasteiger partial charge in [-0.05, 0) is 51.1 Å². The second kappa shape index (κ2) is 6.91. The summed E-state index contributed by atoms with van der Waals surface area (Å²) in [5.41, 5.74) is 0.457. The van der Waals surface area contributed by atoms with Crippen molar-refractivity contribution in [1.82, 2.24) is 4.98 Å². The molecule has 5 nitrogen and oxygen atoms in total. The molecule has 0 radical (unpaired) electrons. The molecule has 1 aromatic heterocycles. The number of ketones is 1. The van der Waals surface area contributed by atoms with E-state index in [9.17, 15) is 9.90 Å². The van der Waals surface area contributed by atoms with Crippen LogP contribution in [0.1, 0.15) is 42.4 Å². The molecular weight excluding hydrogens is 360 g/mol. The van der Waals surface area contributed by atoms with Gasteiger partial charge >= 0.3 is 0 Å². The summed E-state index contributed by atoms with van der Waals surface area (Å²) in [6.07, 6.45) is 2.96. The number of benzene rings is 1. The van der Waals surface area contributed by atoms with Gasteiger partial charge in [0.25, 0.3) is 0 Å². The molecule has 0 unspecified atom stereocenters. The van der Waals surface area contributed by atoms with Gasteiger partial charge in [0, 0.05) is 16.2 Å². The maximum Gasteiger partial charge on any atom is 0.215 e. The van der Waals surface area contributed by atoms with Crippen LogP contribution in [0.3, 0.4) is 0 Å². The summed E-state index contributed by atoms with van der Waals surface area (Å²) in [6, 6.07) is 8.08. The third kappa shape index (κ3) is 4.63. The minimum absolute atomic E-state index is 0.0994. The lowest BCUT2D eigenvalue weighted by Gasteiger charge is -2.15. The van der Waals surface area contributed by atoms with Crippen LogP contribution in [0.25, 0.3) is 0 Å². The van der Waals surface area contributed by atoms with Crippen molar-refractivity contribution in [3.05, 3.63) is 57.8 Å². The Bertz CT molecular complexity index is 752. The molecule has 0 amide bonds. The number of rotatable bonds is 4. The van der Waals surface area contributed by atoms with Gasteiger partial charge in [-0.1, -0.05) is 21.1 Å². The molecule has 0 fully saturated rings. The number of pyridine rings is 1. The molecule has 1 N–H and O–H groups in total. The van der Waals surface area contributed by atoms with Crippen molar-refractivity contribution in [2.75, 3.05) is 0 Å². The number of carbonyl (C=O) groups excluding carboxylic acids is 1. The van der Waals surface area contributed by atoms with Gasteiger partial charge in [0.15, 0.2) is 0 Å². The first-order valence-corrected chi connectivity index (χ1v) is 7.77. The zero-order valence-corrected chi connectivity index (χ0v) is 14.7. The lowest BCUT2D eigenvalue weighted by atomic mass is 10.0. The predicted molar refractivity (Wildman–Crippen MR) is 91.9 cm³/mol. The fraction of sp³-hybridized carbons (Fsp3) is 0.235. The van der Waals surface area contributed by atoms with Crippen LogP contribution in [0.4, 0.5) is 0 Å². The van der Waals surface area contributed by atoms with E-state index >= 15 is 0 Å². The number of hydrogen-bond donors (Lipinski definition) is 1. The average molecular weight is 377 g/mol. The number of carbonyl (C=O) groups is 1. The van der Waals surface area contributed by atoms with Crippen LogP contribution in [0.15, 0.2) is 46.2 Å². The van der Waals surface area contributed by atoms with Crippen molar-refractivity contribution in [3.63, 3.8) is 0 Å². The first kappa shape index (κ1) is 17.1. The zero-order valence-electron chi connectivity index (χ0n) is 13.1. The Morgan fingerprint density at radius 3 is 2.78 bits per heavy atom. The maximum absolute atomic E-state index is 12.7. The van der Waals surface area contributed by atoms with E-state index in [-0.39, 0.29) is 22.8 Å². The van der Waals surface area contributed by atoms with E-state index in [2.05, 4.69) is 26.1 Å². The Morgan fingerprint density at radius 1 is 1.35 bits per heavy atom. The molecule has 2 aromatic rings. The highest BCUT2D eigenvalue weighted by Crippen LogP contribution is 2.24. The Balaban J connectivity index is 2.36. The van der Waals surface area contributed by atoms with Crippen molar-refractivity contribution < 1.29 is 14.7 Å². The van der Waals surface area contributed by atoms with E-state index in [1.807, 2.05) is 20.8 Å². The largest absolute Gasteiger partial charge is 0.507 e. The molecule has 1 aromatic carbocycles. The minimum Gasteiger partial charge on any atom is -0.507 e. The van der Waals surface area contributed by atoms with Crippen LogP contribution in [0.2, 0.25) is 0 Å². The van der Waals surface area contributed by atoms with Crippen LogP contribution in [0, 0.1) is 0 Å². The van der Waals surface area contributed by atoms with E-state index in [1.54, 1.807) is 24.3 Å². The normalized spacial score (nSPS) is 11.7. The van der Waals surface area contributed by atoms with Crippen molar-refractivity contribution in [2.45, 2.75) is 26.4 Å². The van der Waals surface area contributed by atoms with Gasteiger partial charge in [-0.15, -0.1) is 0 Å². The highest BCUT2D eigenvalue weighted by molar-refractivity contribution is 9.10. The lowest BCUT2D eigenvalue weighted by molar-refractivity contribution is 0.00199. The molecule has 0 aliphatic heterocycles. The number of aromatic hydroxyl groups is 1. The number of phenols is 1. The van der Waals surface area contributed by atoms with Crippen molar-refractivity contribution in [2.24, 2.45) is 5.16 Å². The molecule has 23 heavy (non-hydrogen) atoms. The standard InChI is InChI=1S/C17H17BrN2O3/c1-17(2,3)23-20-10-11-5-4-8-19-15(11)16(22)13-9-12(18)6-7-14(13)21/h4-10,21H,1-3H3/b20-10+. The summed E-state index contributed by atoms with van der Waals surface area (Å²) in [5.74, 6) is -0.487. The van der Waals surface area contributed by atoms with E-state index in [4.69, 9.17) is 4.84 Å². The molecule has 2 rings (SSSR count). The first-order valence-electron chi connectivity index (χ1n) is 6.98. The summed E-state index contributed by atoms with van der Waals surface area (Å²) >= 11 is 3.29. The van der Waals surface area contributed by atoms with E-state index in [0.29, 0.717) is 10.0 Å². The molecule has 1 heterocycles. The quantitative estimate of drug-likeness (QED) is 0.498. The van der Waals surface area contributed by atoms with Crippen LogP contribution < -0.4 is 0 Å². The molecule has 120 valence electrons. The van der Waals surface area contributed by atoms with Crippen molar-refractivity contribution in [1.29, 1.82) is 0 Å². The van der Waals surface area contributed by atoms with Gasteiger partial charge in [0.1, 0.15) is 17.0 Å². The lowest BCUT2D eigenvalue weighted by Crippen LogP contribution is -2.16. The minimum atomic E-state index is -0.425. The first-order chi connectivity index (χ1) is 10.8. The second-order valence-electron chi connectivity index (χ2n) is 5.87. The highest BCUT2D eigenvalue weighted by Gasteiger charge is 2.18. The van der Waals surface area contributed by atoms with E-state index in [1.165, 1.54) is 18.5 Å². The van der Waals surface area contributed by atoms with Crippen molar-refractivity contribution in [3.8, 4) is 5.75 Å². The Labute approximate surface area is 143 Å². The monoisotopic (exact) mass is 376 g/mol. The van der Waals surface area contributed by atoms with E-state index in [0.717, 1.165) is 0 Å². The Morgan fingerprint density at radius 2 is 2.09 bits per heavy atom. The molecular formula is C17H17BrN2O3. The van der Waals surface area contributed by atoms with Gasteiger partial charge in [0.05, 0.1) is 11.8 Å². The third-order valence-corrected chi connectivity index (χ3v) is 3.27. The maximum atomic E-state index is 12.7. The summed E-state index contributed by atoms with van der Waals surface area (Å²) in [4.78, 5) is 22.1. The topological polar surface area (TPSA) is 71.8 Å². The molecule has 0 saturated carbocycles. The number of halogens is 1. The highest BCUT2D eigenvalue weighted by atomic mass is 79.9. The third-order valence-electron chi connectivity index (χ3n) is 2.78. The number of oxime groups is 1. The SMILES string of the molecule is CC(C)(C)O/N=C/c1cccnc1C(=O)c1cc(Br)ccc1O. The fourth-order valence-electron chi connectivity index (χ4n) is 1.77. The number of nitrogens with zero attached hydrogens (tertiary/aromatic N) is 2. The van der Waals surface area contributed by atoms with Crippen molar-refractivity contribution >= 4 is 27.9 Å². The smallest absolute Gasteiger partial charge is 0.215 e. The molecule has 6 heteroatoms. The van der Waals surface area contributed by atoms with Crippen LogP contribution in [0.5, 0.6) is 5.75 Å². The van der Waals surface area contributed by atoms with Crippen LogP contribution in [-0.4, -0.2) is 27.7 Å². The summed E-state index contributed by atoms with van der Waals surface area (Å²) in [5, 5.41) is 13.8. The fourth-order valence-corrected chi connectivity index (χ4v) is 2.13. The molecule has 0 bridgehead atoms. The summed E-state index contributed by atoms with van der Waals surface area (Å²) in [7, 11) is 0. The van der Waals surface area contributed by atoms with Gasteiger partial charge < -0.3 is 9.94 Å².